The molecule has 0 bridgehead atoms. The van der Waals surface area contributed by atoms with Gasteiger partial charge in [0.1, 0.15) is 0 Å². The van der Waals surface area contributed by atoms with Crippen LogP contribution >= 0.6 is 0 Å². The Bertz CT molecular complexity index is 859. The van der Waals surface area contributed by atoms with Gasteiger partial charge >= 0.3 is 0 Å². The van der Waals surface area contributed by atoms with E-state index in [1.165, 1.54) is 10.9 Å². The average molecular weight is 320 g/mol. The fourth-order valence-electron chi connectivity index (χ4n) is 3.25. The first-order valence-corrected chi connectivity index (χ1v) is 8.61. The number of aryl methyl sites for hydroxylation is 1. The van der Waals surface area contributed by atoms with Crippen LogP contribution in [0.3, 0.4) is 0 Å². The summed E-state index contributed by atoms with van der Waals surface area (Å²) in [6.07, 6.45) is 3.69. The molecule has 0 aliphatic heterocycles. The van der Waals surface area contributed by atoms with Crippen LogP contribution in [0.4, 0.5) is 5.69 Å². The van der Waals surface area contributed by atoms with E-state index in [1.807, 2.05) is 12.3 Å². The number of aromatic nitrogens is 1. The zero-order valence-electron chi connectivity index (χ0n) is 14.5. The van der Waals surface area contributed by atoms with Gasteiger partial charge < -0.3 is 10.3 Å². The Morgan fingerprint density at radius 2 is 1.92 bits per heavy atom. The number of hydrogen-bond acceptors (Lipinski definition) is 1. The number of H-pyrrole nitrogens is 1. The molecule has 0 aliphatic rings. The number of aromatic amines is 1. The van der Waals surface area contributed by atoms with Crippen molar-refractivity contribution in [1.82, 2.24) is 4.98 Å². The standard InChI is InChI=1S/C21H24N2O/c1-4-15(5-2)21(24)23-17-12-14(3)11-16(13-17)18-7-6-8-20-19(18)9-10-22-20/h6-13,15,22H,4-5H2,1-3H3,(H,23,24). The van der Waals surface area contributed by atoms with E-state index in [9.17, 15) is 4.79 Å². The van der Waals surface area contributed by atoms with Crippen LogP contribution < -0.4 is 5.32 Å². The van der Waals surface area contributed by atoms with Crippen LogP contribution in [0.15, 0.2) is 48.7 Å². The van der Waals surface area contributed by atoms with Gasteiger partial charge in [0.25, 0.3) is 0 Å². The lowest BCUT2D eigenvalue weighted by Gasteiger charge is -2.14. The molecule has 24 heavy (non-hydrogen) atoms. The number of hydrogen-bond donors (Lipinski definition) is 2. The second-order valence-electron chi connectivity index (χ2n) is 6.33. The highest BCUT2D eigenvalue weighted by Crippen LogP contribution is 2.31. The summed E-state index contributed by atoms with van der Waals surface area (Å²) in [5, 5.41) is 4.28. The molecule has 0 atom stereocenters. The Morgan fingerprint density at radius 1 is 1.12 bits per heavy atom. The molecule has 1 amide bonds. The molecule has 3 nitrogen and oxygen atoms in total. The zero-order chi connectivity index (χ0) is 17.1. The summed E-state index contributed by atoms with van der Waals surface area (Å²) in [6, 6.07) is 14.6. The van der Waals surface area contributed by atoms with Crippen molar-refractivity contribution in [1.29, 1.82) is 0 Å². The van der Waals surface area contributed by atoms with Gasteiger partial charge in [0, 0.05) is 28.7 Å². The van der Waals surface area contributed by atoms with E-state index >= 15 is 0 Å². The zero-order valence-corrected chi connectivity index (χ0v) is 14.5. The predicted molar refractivity (Wildman–Crippen MR) is 101 cm³/mol. The molecule has 1 heterocycles. The molecule has 3 heteroatoms. The Hall–Kier alpha value is -2.55. The molecule has 2 aromatic carbocycles. The van der Waals surface area contributed by atoms with Crippen molar-refractivity contribution >= 4 is 22.5 Å². The van der Waals surface area contributed by atoms with Gasteiger partial charge in [-0.2, -0.15) is 0 Å². The van der Waals surface area contributed by atoms with Crippen molar-refractivity contribution in [3.8, 4) is 11.1 Å². The third-order valence-electron chi connectivity index (χ3n) is 4.61. The van der Waals surface area contributed by atoms with Crippen molar-refractivity contribution < 1.29 is 4.79 Å². The average Bonchev–Trinajstić information content (AvgIpc) is 3.04. The predicted octanol–water partition coefficient (Wildman–Crippen LogP) is 5.52. The van der Waals surface area contributed by atoms with E-state index in [0.29, 0.717) is 0 Å². The van der Waals surface area contributed by atoms with Crippen LogP contribution in [-0.4, -0.2) is 10.9 Å². The van der Waals surface area contributed by atoms with Gasteiger partial charge in [0.15, 0.2) is 0 Å². The van der Waals surface area contributed by atoms with Gasteiger partial charge in [-0.25, -0.2) is 0 Å². The molecule has 0 unspecified atom stereocenters. The van der Waals surface area contributed by atoms with E-state index in [4.69, 9.17) is 0 Å². The van der Waals surface area contributed by atoms with Crippen LogP contribution in [0.5, 0.6) is 0 Å². The topological polar surface area (TPSA) is 44.9 Å². The quantitative estimate of drug-likeness (QED) is 0.639. The number of carbonyl (C=O) groups excluding carboxylic acids is 1. The number of carbonyl (C=O) groups is 1. The van der Waals surface area contributed by atoms with Gasteiger partial charge in [0.2, 0.25) is 5.91 Å². The maximum absolute atomic E-state index is 12.4. The van der Waals surface area contributed by atoms with Gasteiger partial charge in [-0.15, -0.1) is 0 Å². The van der Waals surface area contributed by atoms with Gasteiger partial charge in [-0.05, 0) is 60.7 Å². The lowest BCUT2D eigenvalue weighted by Crippen LogP contribution is -2.21. The maximum atomic E-state index is 12.4. The summed E-state index contributed by atoms with van der Waals surface area (Å²) < 4.78 is 0. The van der Waals surface area contributed by atoms with Crippen LogP contribution in [-0.2, 0) is 4.79 Å². The van der Waals surface area contributed by atoms with E-state index in [1.54, 1.807) is 0 Å². The summed E-state index contributed by atoms with van der Waals surface area (Å²) in [5.74, 6) is 0.179. The highest BCUT2D eigenvalue weighted by atomic mass is 16.1. The van der Waals surface area contributed by atoms with Crippen LogP contribution in [0, 0.1) is 12.8 Å². The molecule has 0 saturated carbocycles. The van der Waals surface area contributed by atoms with Gasteiger partial charge in [-0.1, -0.05) is 32.0 Å². The van der Waals surface area contributed by atoms with E-state index < -0.39 is 0 Å². The third-order valence-corrected chi connectivity index (χ3v) is 4.61. The second kappa shape index (κ2) is 6.91. The smallest absolute Gasteiger partial charge is 0.227 e. The Morgan fingerprint density at radius 3 is 2.67 bits per heavy atom. The van der Waals surface area contributed by atoms with Gasteiger partial charge in [-0.3, -0.25) is 4.79 Å². The minimum absolute atomic E-state index is 0.0714. The first kappa shape index (κ1) is 16.3. The minimum Gasteiger partial charge on any atom is -0.361 e. The second-order valence-corrected chi connectivity index (χ2v) is 6.33. The first-order chi connectivity index (χ1) is 11.6. The number of nitrogens with one attached hydrogen (secondary N) is 2. The molecular formula is C21H24N2O. The third kappa shape index (κ3) is 3.21. The molecule has 0 spiro atoms. The SMILES string of the molecule is CCC(CC)C(=O)Nc1cc(C)cc(-c2cccc3[nH]ccc23)c1. The van der Waals surface area contributed by atoms with Crippen LogP contribution in [0.2, 0.25) is 0 Å². The van der Waals surface area contributed by atoms with Crippen LogP contribution in [0.1, 0.15) is 32.3 Å². The van der Waals surface area contributed by atoms with Crippen molar-refractivity contribution in [2.75, 3.05) is 5.32 Å². The molecule has 0 radical (unpaired) electrons. The van der Waals surface area contributed by atoms with E-state index in [0.717, 1.165) is 35.2 Å². The van der Waals surface area contributed by atoms with E-state index in [2.05, 4.69) is 67.5 Å². The molecule has 3 aromatic rings. The summed E-state index contributed by atoms with van der Waals surface area (Å²) in [5.41, 5.74) is 5.43. The lowest BCUT2D eigenvalue weighted by molar-refractivity contribution is -0.120. The highest BCUT2D eigenvalue weighted by molar-refractivity contribution is 5.97. The molecule has 124 valence electrons. The molecule has 0 aliphatic carbocycles. The van der Waals surface area contributed by atoms with E-state index in [-0.39, 0.29) is 11.8 Å². The Balaban J connectivity index is 1.98. The number of rotatable bonds is 5. The monoisotopic (exact) mass is 320 g/mol. The highest BCUT2D eigenvalue weighted by Gasteiger charge is 2.15. The molecule has 0 fully saturated rings. The van der Waals surface area contributed by atoms with Crippen LogP contribution in [0.25, 0.3) is 22.0 Å². The van der Waals surface area contributed by atoms with Crippen molar-refractivity contribution in [2.24, 2.45) is 5.92 Å². The number of amides is 1. The minimum atomic E-state index is 0.0714. The van der Waals surface area contributed by atoms with Crippen molar-refractivity contribution in [2.45, 2.75) is 33.6 Å². The summed E-state index contributed by atoms with van der Waals surface area (Å²) in [4.78, 5) is 15.6. The summed E-state index contributed by atoms with van der Waals surface area (Å²) in [6.45, 7) is 6.18. The largest absolute Gasteiger partial charge is 0.361 e. The first-order valence-electron chi connectivity index (χ1n) is 8.61. The number of benzene rings is 2. The Kier molecular flexibility index (Phi) is 4.70. The number of fused-ring (bicyclic) bond motifs is 1. The molecular weight excluding hydrogens is 296 g/mol. The lowest BCUT2D eigenvalue weighted by atomic mass is 9.98. The fraction of sp³-hybridized carbons (Fsp3) is 0.286. The molecule has 3 rings (SSSR count). The van der Waals surface area contributed by atoms with Gasteiger partial charge in [0.05, 0.1) is 0 Å². The van der Waals surface area contributed by atoms with Crippen molar-refractivity contribution in [3.05, 3.63) is 54.2 Å². The summed E-state index contributed by atoms with van der Waals surface area (Å²) >= 11 is 0. The molecule has 1 aromatic heterocycles. The summed E-state index contributed by atoms with van der Waals surface area (Å²) in [7, 11) is 0. The number of anilines is 1. The normalized spacial score (nSPS) is 11.2. The molecule has 0 saturated heterocycles. The molecule has 2 N–H and O–H groups in total. The van der Waals surface area contributed by atoms with Crippen molar-refractivity contribution in [3.63, 3.8) is 0 Å². The maximum Gasteiger partial charge on any atom is 0.227 e. The fourth-order valence-corrected chi connectivity index (χ4v) is 3.25. The Labute approximate surface area is 143 Å².